The minimum absolute atomic E-state index is 0.104. The second-order valence-electron chi connectivity index (χ2n) is 6.76. The Labute approximate surface area is 181 Å². The summed E-state index contributed by atoms with van der Waals surface area (Å²) < 4.78 is 16.4. The number of carbonyl (C=O) groups excluding carboxylic acids is 1. The lowest BCUT2D eigenvalue weighted by atomic mass is 10.1. The average Bonchev–Trinajstić information content (AvgIpc) is 2.78. The molecule has 0 atom stereocenters. The largest absolute Gasteiger partial charge is 0.493 e. The quantitative estimate of drug-likeness (QED) is 0.497. The minimum atomic E-state index is -0.104. The highest BCUT2D eigenvalue weighted by molar-refractivity contribution is 6.31. The van der Waals surface area contributed by atoms with Gasteiger partial charge >= 0.3 is 0 Å². The van der Waals surface area contributed by atoms with Crippen molar-refractivity contribution in [3.05, 3.63) is 88.4 Å². The summed E-state index contributed by atoms with van der Waals surface area (Å²) in [6.07, 6.45) is 0. The average molecular weight is 426 g/mol. The van der Waals surface area contributed by atoms with E-state index in [1.807, 2.05) is 48.5 Å². The molecule has 0 saturated carbocycles. The predicted octanol–water partition coefficient (Wildman–Crippen LogP) is 5.21. The van der Waals surface area contributed by atoms with Gasteiger partial charge < -0.3 is 19.1 Å². The van der Waals surface area contributed by atoms with Gasteiger partial charge in [-0.25, -0.2) is 0 Å². The molecule has 0 bridgehead atoms. The highest BCUT2D eigenvalue weighted by Crippen LogP contribution is 2.28. The Kier molecular flexibility index (Phi) is 7.20. The third-order valence-electron chi connectivity index (χ3n) is 4.65. The van der Waals surface area contributed by atoms with Crippen molar-refractivity contribution in [1.29, 1.82) is 0 Å². The molecule has 0 aliphatic carbocycles. The number of benzene rings is 3. The fraction of sp³-hybridized carbons (Fsp3) is 0.208. The van der Waals surface area contributed by atoms with E-state index in [9.17, 15) is 4.79 Å². The third kappa shape index (κ3) is 5.24. The lowest BCUT2D eigenvalue weighted by Crippen LogP contribution is -2.26. The number of halogens is 1. The normalized spacial score (nSPS) is 10.4. The summed E-state index contributed by atoms with van der Waals surface area (Å²) in [6.45, 7) is 0.767. The lowest BCUT2D eigenvalue weighted by Gasteiger charge is -2.19. The molecule has 0 fully saturated rings. The summed E-state index contributed by atoms with van der Waals surface area (Å²) in [5.74, 6) is 1.79. The van der Waals surface area contributed by atoms with Crippen molar-refractivity contribution >= 4 is 17.5 Å². The van der Waals surface area contributed by atoms with Gasteiger partial charge in [0.2, 0.25) is 0 Å². The molecule has 6 heteroatoms. The van der Waals surface area contributed by atoms with Gasteiger partial charge in [-0.05, 0) is 42.0 Å². The van der Waals surface area contributed by atoms with Crippen molar-refractivity contribution < 1.29 is 19.0 Å². The molecular formula is C24H24ClNO4. The van der Waals surface area contributed by atoms with Crippen LogP contribution in [0, 0.1) is 0 Å². The highest BCUT2D eigenvalue weighted by Gasteiger charge is 2.14. The van der Waals surface area contributed by atoms with Crippen molar-refractivity contribution in [2.24, 2.45) is 0 Å². The third-order valence-corrected chi connectivity index (χ3v) is 5.02. The van der Waals surface area contributed by atoms with Crippen LogP contribution < -0.4 is 14.2 Å². The summed E-state index contributed by atoms with van der Waals surface area (Å²) in [5, 5.41) is 0.652. The van der Waals surface area contributed by atoms with Crippen LogP contribution in [-0.4, -0.2) is 32.1 Å². The molecule has 0 unspecified atom stereocenters. The van der Waals surface area contributed by atoms with Crippen LogP contribution in [0.4, 0.5) is 0 Å². The number of methoxy groups -OCH3 is 2. The highest BCUT2D eigenvalue weighted by atomic mass is 35.5. The van der Waals surface area contributed by atoms with Gasteiger partial charge in [0, 0.05) is 29.7 Å². The molecule has 3 aromatic carbocycles. The van der Waals surface area contributed by atoms with E-state index in [-0.39, 0.29) is 5.91 Å². The van der Waals surface area contributed by atoms with E-state index in [1.165, 1.54) is 0 Å². The van der Waals surface area contributed by atoms with Gasteiger partial charge in [0.25, 0.3) is 5.91 Å². The number of rotatable bonds is 8. The fourth-order valence-electron chi connectivity index (χ4n) is 3.04. The first-order chi connectivity index (χ1) is 14.5. The maximum absolute atomic E-state index is 12.9. The first-order valence-electron chi connectivity index (χ1n) is 9.44. The van der Waals surface area contributed by atoms with Crippen LogP contribution in [-0.2, 0) is 13.2 Å². The molecule has 0 aliphatic heterocycles. The Morgan fingerprint density at radius 1 is 0.933 bits per heavy atom. The summed E-state index contributed by atoms with van der Waals surface area (Å²) >= 11 is 6.17. The Morgan fingerprint density at radius 2 is 1.70 bits per heavy atom. The first-order valence-corrected chi connectivity index (χ1v) is 9.82. The maximum Gasteiger partial charge on any atom is 0.254 e. The summed E-state index contributed by atoms with van der Waals surface area (Å²) in [6, 6.07) is 20.3. The number of carbonyl (C=O) groups is 1. The van der Waals surface area contributed by atoms with Crippen LogP contribution in [0.5, 0.6) is 17.2 Å². The van der Waals surface area contributed by atoms with Crippen LogP contribution >= 0.6 is 11.6 Å². The molecular weight excluding hydrogens is 402 g/mol. The smallest absolute Gasteiger partial charge is 0.254 e. The van der Waals surface area contributed by atoms with Crippen molar-refractivity contribution in [3.8, 4) is 17.2 Å². The molecule has 3 rings (SSSR count). The van der Waals surface area contributed by atoms with E-state index >= 15 is 0 Å². The Balaban J connectivity index is 1.67. The molecule has 0 aromatic heterocycles. The van der Waals surface area contributed by atoms with E-state index in [4.69, 9.17) is 25.8 Å². The first kappa shape index (κ1) is 21.5. The van der Waals surface area contributed by atoms with Crippen LogP contribution in [0.2, 0.25) is 5.02 Å². The van der Waals surface area contributed by atoms with E-state index in [0.717, 1.165) is 11.1 Å². The predicted molar refractivity (Wildman–Crippen MR) is 118 cm³/mol. The number of nitrogens with zero attached hydrogens (tertiary/aromatic N) is 1. The molecule has 0 heterocycles. The number of ether oxygens (including phenoxy) is 3. The number of hydrogen-bond donors (Lipinski definition) is 0. The van der Waals surface area contributed by atoms with E-state index in [1.54, 1.807) is 44.4 Å². The zero-order valence-electron chi connectivity index (χ0n) is 17.2. The lowest BCUT2D eigenvalue weighted by molar-refractivity contribution is 0.0784. The monoisotopic (exact) mass is 425 g/mol. The molecule has 0 N–H and O–H groups in total. The van der Waals surface area contributed by atoms with Gasteiger partial charge in [-0.15, -0.1) is 0 Å². The SMILES string of the molecule is COc1ccc(CN(C)C(=O)c2cccc(OCc3ccccc3Cl)c2)cc1OC. The maximum atomic E-state index is 12.9. The zero-order chi connectivity index (χ0) is 21.5. The Morgan fingerprint density at radius 3 is 2.43 bits per heavy atom. The van der Waals surface area contributed by atoms with Gasteiger partial charge in [-0.2, -0.15) is 0 Å². The van der Waals surface area contributed by atoms with E-state index in [0.29, 0.717) is 41.0 Å². The molecule has 30 heavy (non-hydrogen) atoms. The molecule has 156 valence electrons. The zero-order valence-corrected chi connectivity index (χ0v) is 18.0. The van der Waals surface area contributed by atoms with Crippen molar-refractivity contribution in [2.45, 2.75) is 13.2 Å². The van der Waals surface area contributed by atoms with Gasteiger partial charge in [-0.1, -0.05) is 41.9 Å². The summed E-state index contributed by atoms with van der Waals surface area (Å²) in [5.41, 5.74) is 2.38. The topological polar surface area (TPSA) is 48.0 Å². The van der Waals surface area contributed by atoms with Gasteiger partial charge in [-0.3, -0.25) is 4.79 Å². The Hall–Kier alpha value is -3.18. The van der Waals surface area contributed by atoms with Crippen molar-refractivity contribution in [3.63, 3.8) is 0 Å². The van der Waals surface area contributed by atoms with Crippen LogP contribution in [0.25, 0.3) is 0 Å². The minimum Gasteiger partial charge on any atom is -0.493 e. The number of hydrogen-bond acceptors (Lipinski definition) is 4. The number of amides is 1. The van der Waals surface area contributed by atoms with Crippen LogP contribution in [0.1, 0.15) is 21.5 Å². The van der Waals surface area contributed by atoms with Crippen molar-refractivity contribution in [1.82, 2.24) is 4.90 Å². The molecule has 1 amide bonds. The molecule has 5 nitrogen and oxygen atoms in total. The molecule has 0 spiro atoms. The van der Waals surface area contributed by atoms with Crippen LogP contribution in [0.3, 0.4) is 0 Å². The van der Waals surface area contributed by atoms with E-state index in [2.05, 4.69) is 0 Å². The fourth-order valence-corrected chi connectivity index (χ4v) is 3.23. The summed E-state index contributed by atoms with van der Waals surface area (Å²) in [4.78, 5) is 14.5. The van der Waals surface area contributed by atoms with E-state index < -0.39 is 0 Å². The standard InChI is InChI=1S/C24H24ClNO4/c1-26(15-17-11-12-22(28-2)23(13-17)29-3)24(27)18-8-6-9-20(14-18)30-16-19-7-4-5-10-21(19)25/h4-14H,15-16H2,1-3H3. The molecule has 0 radical (unpaired) electrons. The Bertz CT molecular complexity index is 1020. The molecule has 3 aromatic rings. The van der Waals surface area contributed by atoms with Gasteiger partial charge in [0.1, 0.15) is 12.4 Å². The van der Waals surface area contributed by atoms with Gasteiger partial charge in [0.05, 0.1) is 14.2 Å². The second-order valence-corrected chi connectivity index (χ2v) is 7.17. The van der Waals surface area contributed by atoms with Crippen molar-refractivity contribution in [2.75, 3.05) is 21.3 Å². The molecule has 0 saturated heterocycles. The summed E-state index contributed by atoms with van der Waals surface area (Å²) in [7, 11) is 4.94. The second kappa shape index (κ2) is 10.0. The van der Waals surface area contributed by atoms with Gasteiger partial charge in [0.15, 0.2) is 11.5 Å². The molecule has 0 aliphatic rings. The van der Waals surface area contributed by atoms with Crippen LogP contribution in [0.15, 0.2) is 66.7 Å².